The van der Waals surface area contributed by atoms with Crippen LogP contribution in [0.15, 0.2) is 0 Å². The van der Waals surface area contributed by atoms with Crippen LogP contribution in [0.25, 0.3) is 0 Å². The van der Waals surface area contributed by atoms with Crippen LogP contribution >= 0.6 is 0 Å². The lowest BCUT2D eigenvalue weighted by Gasteiger charge is -2.15. The lowest BCUT2D eigenvalue weighted by molar-refractivity contribution is 0.0329. The molecule has 58 valence electrons. The minimum Gasteiger partial charge on any atom is -0.394 e. The van der Waals surface area contributed by atoms with Gasteiger partial charge in [-0.3, -0.25) is 0 Å². The topological polar surface area (TPSA) is 29.5 Å². The number of rotatable bonds is 1. The summed E-state index contributed by atoms with van der Waals surface area (Å²) in [6, 6.07) is -1.11. The number of aliphatic hydroxyl groups is 1. The molecule has 1 heterocycles. The summed E-state index contributed by atoms with van der Waals surface area (Å²) in [6.45, 7) is -0.249. The van der Waals surface area contributed by atoms with Crippen LogP contribution in [0.3, 0.4) is 0 Å². The highest BCUT2D eigenvalue weighted by Gasteiger charge is 2.44. The highest BCUT2D eigenvalue weighted by Crippen LogP contribution is 2.31. The highest BCUT2D eigenvalue weighted by atomic mass is 19.1. The minimum absolute atomic E-state index is 0.0266. The summed E-state index contributed by atoms with van der Waals surface area (Å²) in [7, 11) is 5.24. The van der Waals surface area contributed by atoms with Crippen molar-refractivity contribution < 1.29 is 14.2 Å². The van der Waals surface area contributed by atoms with Gasteiger partial charge in [0.2, 0.25) is 0 Å². The van der Waals surface area contributed by atoms with Crippen molar-refractivity contribution in [3.8, 4) is 12.3 Å². The predicted octanol–water partition coefficient (Wildman–Crippen LogP) is -0.396. The molecule has 0 saturated carbocycles. The maximum atomic E-state index is 13.3. The van der Waals surface area contributed by atoms with Crippen LogP contribution in [0.1, 0.15) is 6.42 Å². The van der Waals surface area contributed by atoms with Gasteiger partial charge in [0, 0.05) is 6.42 Å². The average Bonchev–Trinajstić information content (AvgIpc) is 2.29. The highest BCUT2D eigenvalue weighted by molar-refractivity contribution is 6.12. The van der Waals surface area contributed by atoms with E-state index in [0.717, 1.165) is 0 Å². The van der Waals surface area contributed by atoms with Gasteiger partial charge in [-0.15, -0.1) is 6.42 Å². The van der Waals surface area contributed by atoms with Crippen molar-refractivity contribution >= 4 is 7.85 Å². The van der Waals surface area contributed by atoms with E-state index in [1.165, 1.54) is 0 Å². The van der Waals surface area contributed by atoms with Crippen molar-refractivity contribution in [2.24, 2.45) is 0 Å². The fourth-order valence-corrected chi connectivity index (χ4v) is 1.06. The van der Waals surface area contributed by atoms with Crippen molar-refractivity contribution in [3.63, 3.8) is 0 Å². The molecule has 0 amide bonds. The fourth-order valence-electron chi connectivity index (χ4n) is 1.06. The van der Waals surface area contributed by atoms with Crippen LogP contribution in [-0.4, -0.2) is 37.3 Å². The van der Waals surface area contributed by atoms with E-state index in [0.29, 0.717) is 0 Å². The number of halogens is 1. The molecule has 1 saturated heterocycles. The Kier molecular flexibility index (Phi) is 2.21. The molecule has 1 aliphatic rings. The summed E-state index contributed by atoms with van der Waals surface area (Å²) < 4.78 is 18.1. The number of hydrogen-bond acceptors (Lipinski definition) is 2. The summed E-state index contributed by atoms with van der Waals surface area (Å²) in [5.74, 6) is 1.93. The van der Waals surface area contributed by atoms with Crippen LogP contribution in [0.5, 0.6) is 0 Å². The van der Waals surface area contributed by atoms with E-state index in [1.807, 2.05) is 5.92 Å². The van der Waals surface area contributed by atoms with E-state index in [-0.39, 0.29) is 13.0 Å². The van der Waals surface area contributed by atoms with E-state index in [1.54, 1.807) is 0 Å². The van der Waals surface area contributed by atoms with Crippen LogP contribution in [0, 0.1) is 12.3 Å². The second-order valence-corrected chi connectivity index (χ2v) is 2.57. The molecule has 0 aromatic rings. The standard InChI is InChI=1S/C7H8BFO2/c1-2-7(9)3-5(4-10)11-6(7)8/h1,5-6,10H,3-4H2/t5-,6+,7?/m0/s1. The summed E-state index contributed by atoms with van der Waals surface area (Å²) in [5.41, 5.74) is -1.91. The Balaban J connectivity index is 2.67. The normalized spacial score (nSPS) is 43.7. The monoisotopic (exact) mass is 154 g/mol. The van der Waals surface area contributed by atoms with Gasteiger partial charge in [-0.1, -0.05) is 5.92 Å². The SMILES string of the molecule is [B][C@@H]1O[C@H](CO)CC1(F)C#C. The van der Waals surface area contributed by atoms with Crippen molar-refractivity contribution in [3.05, 3.63) is 0 Å². The zero-order chi connectivity index (χ0) is 8.48. The lowest BCUT2D eigenvalue weighted by atomic mass is 9.84. The smallest absolute Gasteiger partial charge is 0.190 e. The van der Waals surface area contributed by atoms with Crippen LogP contribution < -0.4 is 0 Å². The number of ether oxygens (including phenoxy) is 1. The van der Waals surface area contributed by atoms with Gasteiger partial charge in [0.05, 0.1) is 18.7 Å². The molecule has 1 unspecified atom stereocenters. The summed E-state index contributed by atoms with van der Waals surface area (Å²) >= 11 is 0. The third kappa shape index (κ3) is 1.40. The molecule has 11 heavy (non-hydrogen) atoms. The number of aliphatic hydroxyl groups excluding tert-OH is 1. The number of alkyl halides is 1. The molecule has 0 aromatic heterocycles. The van der Waals surface area contributed by atoms with E-state index in [4.69, 9.17) is 24.1 Å². The third-order valence-electron chi connectivity index (χ3n) is 1.76. The van der Waals surface area contributed by atoms with Crippen molar-refractivity contribution in [1.82, 2.24) is 0 Å². The largest absolute Gasteiger partial charge is 0.394 e. The minimum atomic E-state index is -1.91. The molecule has 4 heteroatoms. The van der Waals surface area contributed by atoms with Gasteiger partial charge < -0.3 is 9.84 Å². The molecule has 0 aliphatic carbocycles. The fraction of sp³-hybridized carbons (Fsp3) is 0.714. The van der Waals surface area contributed by atoms with E-state index >= 15 is 0 Å². The molecule has 1 fully saturated rings. The molecule has 2 radical (unpaired) electrons. The Hall–Kier alpha value is -0.525. The maximum Gasteiger partial charge on any atom is 0.190 e. The first-order chi connectivity index (χ1) is 5.12. The Morgan fingerprint density at radius 2 is 2.55 bits per heavy atom. The van der Waals surface area contributed by atoms with Gasteiger partial charge in [-0.25, -0.2) is 4.39 Å². The van der Waals surface area contributed by atoms with Gasteiger partial charge >= 0.3 is 0 Å². The molecule has 1 aliphatic heterocycles. The predicted molar refractivity (Wildman–Crippen MR) is 38.8 cm³/mol. The number of terminal acetylenes is 1. The Bertz CT molecular complexity index is 191. The van der Waals surface area contributed by atoms with Gasteiger partial charge in [0.15, 0.2) is 5.67 Å². The zero-order valence-electron chi connectivity index (χ0n) is 5.96. The van der Waals surface area contributed by atoms with Crippen molar-refractivity contribution in [1.29, 1.82) is 0 Å². The zero-order valence-corrected chi connectivity index (χ0v) is 5.96. The Labute approximate surface area is 66.1 Å². The van der Waals surface area contributed by atoms with E-state index in [2.05, 4.69) is 0 Å². The molecule has 2 nitrogen and oxygen atoms in total. The van der Waals surface area contributed by atoms with Crippen molar-refractivity contribution in [2.75, 3.05) is 6.61 Å². The molecular weight excluding hydrogens is 146 g/mol. The molecule has 0 aromatic carbocycles. The first kappa shape index (κ1) is 8.57. The molecule has 0 bridgehead atoms. The van der Waals surface area contributed by atoms with Crippen molar-refractivity contribution in [2.45, 2.75) is 24.2 Å². The molecule has 1 N–H and O–H groups in total. The third-order valence-corrected chi connectivity index (χ3v) is 1.76. The summed E-state index contributed by atoms with van der Waals surface area (Å²) in [5, 5.41) is 8.60. The van der Waals surface area contributed by atoms with Crippen LogP contribution in [0.2, 0.25) is 0 Å². The van der Waals surface area contributed by atoms with Gasteiger partial charge in [0.1, 0.15) is 7.85 Å². The van der Waals surface area contributed by atoms with E-state index < -0.39 is 17.8 Å². The maximum absolute atomic E-state index is 13.3. The van der Waals surface area contributed by atoms with Gasteiger partial charge in [-0.05, 0) is 0 Å². The Morgan fingerprint density at radius 1 is 1.91 bits per heavy atom. The Morgan fingerprint density at radius 3 is 2.82 bits per heavy atom. The van der Waals surface area contributed by atoms with Gasteiger partial charge in [0.25, 0.3) is 0 Å². The van der Waals surface area contributed by atoms with Gasteiger partial charge in [-0.2, -0.15) is 0 Å². The summed E-state index contributed by atoms with van der Waals surface area (Å²) in [6.07, 6.45) is 4.32. The second-order valence-electron chi connectivity index (χ2n) is 2.57. The molecule has 1 rings (SSSR count). The second kappa shape index (κ2) is 2.84. The lowest BCUT2D eigenvalue weighted by Crippen LogP contribution is -2.31. The van der Waals surface area contributed by atoms with Crippen LogP contribution in [-0.2, 0) is 4.74 Å². The quantitative estimate of drug-likeness (QED) is 0.411. The molecule has 0 spiro atoms. The van der Waals surface area contributed by atoms with E-state index in [9.17, 15) is 4.39 Å². The number of hydrogen-bond donors (Lipinski definition) is 1. The van der Waals surface area contributed by atoms with Crippen LogP contribution in [0.4, 0.5) is 4.39 Å². The average molecular weight is 154 g/mol. The molecular formula is C7H8BFO2. The first-order valence-corrected chi connectivity index (χ1v) is 3.31. The summed E-state index contributed by atoms with van der Waals surface area (Å²) in [4.78, 5) is 0. The first-order valence-electron chi connectivity index (χ1n) is 3.31. The molecule has 3 atom stereocenters.